The number of nitrogens with zero attached hydrogens (tertiary/aromatic N) is 1. The first-order chi connectivity index (χ1) is 12.8. The molecule has 0 bridgehead atoms. The van der Waals surface area contributed by atoms with E-state index in [4.69, 9.17) is 4.99 Å². The number of hydrogen-bond acceptors (Lipinski definition) is 1. The van der Waals surface area contributed by atoms with Gasteiger partial charge in [-0.25, -0.2) is 0 Å². The minimum absolute atomic E-state index is 0.207. The highest BCUT2D eigenvalue weighted by molar-refractivity contribution is 6.02. The van der Waals surface area contributed by atoms with Crippen molar-refractivity contribution in [2.24, 2.45) is 10.4 Å². The molecule has 5 rings (SSSR count). The lowest BCUT2D eigenvalue weighted by atomic mass is 9.67. The van der Waals surface area contributed by atoms with Crippen LogP contribution in [0.1, 0.15) is 43.4 Å². The molecule has 26 heavy (non-hydrogen) atoms. The van der Waals surface area contributed by atoms with E-state index < -0.39 is 0 Å². The Morgan fingerprint density at radius 3 is 2.62 bits per heavy atom. The van der Waals surface area contributed by atoms with Gasteiger partial charge < -0.3 is 10.3 Å². The zero-order valence-electron chi connectivity index (χ0n) is 15.1. The van der Waals surface area contributed by atoms with Crippen LogP contribution >= 0.6 is 0 Å². The molecule has 1 aliphatic carbocycles. The number of nitrogens with one attached hydrogen (secondary N) is 2. The molecule has 1 saturated carbocycles. The number of fused-ring (bicyclic) bond motifs is 2. The second kappa shape index (κ2) is 6.31. The van der Waals surface area contributed by atoms with Gasteiger partial charge >= 0.3 is 0 Å². The first-order valence-corrected chi connectivity index (χ1v) is 9.79. The highest BCUT2D eigenvalue weighted by Gasteiger charge is 2.40. The maximum Gasteiger partial charge on any atom is 0.108 e. The average molecular weight is 343 g/mol. The second-order valence-corrected chi connectivity index (χ2v) is 7.85. The molecule has 0 amide bonds. The summed E-state index contributed by atoms with van der Waals surface area (Å²) in [5.41, 5.74) is 5.26. The van der Waals surface area contributed by atoms with E-state index >= 15 is 0 Å². The van der Waals surface area contributed by atoms with Crippen LogP contribution in [0.15, 0.2) is 59.6 Å². The first-order valence-electron chi connectivity index (χ1n) is 9.79. The van der Waals surface area contributed by atoms with E-state index in [9.17, 15) is 0 Å². The number of aliphatic imine (C=N–C) groups is 1. The molecule has 2 N–H and O–H groups in total. The molecule has 3 aromatic rings. The Labute approximate surface area is 154 Å². The van der Waals surface area contributed by atoms with Crippen LogP contribution in [-0.4, -0.2) is 10.8 Å². The van der Waals surface area contributed by atoms with Crippen molar-refractivity contribution < 1.29 is 0 Å². The Morgan fingerprint density at radius 2 is 1.73 bits per heavy atom. The molecule has 0 saturated heterocycles. The Balaban J connectivity index is 1.49. The molecule has 3 nitrogen and oxygen atoms in total. The maximum absolute atomic E-state index is 5.10. The van der Waals surface area contributed by atoms with Gasteiger partial charge in [0.15, 0.2) is 0 Å². The van der Waals surface area contributed by atoms with Gasteiger partial charge in [-0.15, -0.1) is 0 Å². The normalized spacial score (nSPS) is 20.2. The van der Waals surface area contributed by atoms with Crippen molar-refractivity contribution in [1.82, 2.24) is 4.98 Å². The van der Waals surface area contributed by atoms with Gasteiger partial charge in [0.05, 0.1) is 6.54 Å². The zero-order chi connectivity index (χ0) is 17.4. The molecule has 3 heteroatoms. The zero-order valence-corrected chi connectivity index (χ0v) is 15.1. The Kier molecular flexibility index (Phi) is 3.81. The molecule has 0 unspecified atom stereocenters. The maximum atomic E-state index is 5.10. The number of para-hydroxylation sites is 2. The highest BCUT2D eigenvalue weighted by atomic mass is 15.0. The fraction of sp³-hybridized carbons (Fsp3) is 0.348. The summed E-state index contributed by atoms with van der Waals surface area (Å²) in [6.45, 7) is 0.709. The summed E-state index contributed by atoms with van der Waals surface area (Å²) in [4.78, 5) is 8.61. The molecule has 1 aromatic heterocycles. The Morgan fingerprint density at radius 1 is 0.923 bits per heavy atom. The van der Waals surface area contributed by atoms with Crippen LogP contribution in [-0.2, 0) is 13.0 Å². The van der Waals surface area contributed by atoms with Crippen molar-refractivity contribution in [2.75, 3.05) is 5.32 Å². The van der Waals surface area contributed by atoms with Gasteiger partial charge in [0.25, 0.3) is 0 Å². The van der Waals surface area contributed by atoms with Crippen molar-refractivity contribution in [3.05, 3.63) is 65.9 Å². The summed E-state index contributed by atoms with van der Waals surface area (Å²) in [7, 11) is 0. The fourth-order valence-corrected chi connectivity index (χ4v) is 4.74. The predicted octanol–water partition coefficient (Wildman–Crippen LogP) is 5.69. The molecule has 2 heterocycles. The summed E-state index contributed by atoms with van der Waals surface area (Å²) in [6.07, 6.45) is 7.62. The number of rotatable bonds is 2. The van der Waals surface area contributed by atoms with Crippen LogP contribution in [0.4, 0.5) is 5.69 Å². The number of anilines is 1. The average Bonchev–Trinajstić information content (AvgIpc) is 3.10. The number of amidine groups is 1. The number of H-pyrrole nitrogens is 1. The van der Waals surface area contributed by atoms with E-state index in [1.807, 2.05) is 0 Å². The minimum atomic E-state index is 0.207. The van der Waals surface area contributed by atoms with Crippen molar-refractivity contribution >= 4 is 22.4 Å². The van der Waals surface area contributed by atoms with E-state index in [0.717, 1.165) is 6.42 Å². The number of aromatic nitrogens is 1. The molecule has 132 valence electrons. The largest absolute Gasteiger partial charge is 0.357 e. The monoisotopic (exact) mass is 343 g/mol. The molecule has 1 fully saturated rings. The molecular weight excluding hydrogens is 318 g/mol. The fourth-order valence-electron chi connectivity index (χ4n) is 4.74. The SMILES string of the molecule is c1ccc2c(c1)CC1(CCCCC1)C(=NCc1cc3ccccc3[nH]1)N2. The van der Waals surface area contributed by atoms with Gasteiger partial charge in [-0.1, -0.05) is 55.7 Å². The summed E-state index contributed by atoms with van der Waals surface area (Å²) < 4.78 is 0. The second-order valence-electron chi connectivity index (χ2n) is 7.85. The van der Waals surface area contributed by atoms with Crippen molar-refractivity contribution in [2.45, 2.75) is 45.1 Å². The summed E-state index contributed by atoms with van der Waals surface area (Å²) in [6, 6.07) is 19.4. The van der Waals surface area contributed by atoms with Crippen LogP contribution < -0.4 is 5.32 Å². The quantitative estimate of drug-likeness (QED) is 0.617. The molecule has 2 aliphatic rings. The highest BCUT2D eigenvalue weighted by Crippen LogP contribution is 2.45. The third-order valence-electron chi connectivity index (χ3n) is 6.11. The van der Waals surface area contributed by atoms with Gasteiger partial charge in [0.2, 0.25) is 0 Å². The molecule has 1 spiro atoms. The predicted molar refractivity (Wildman–Crippen MR) is 109 cm³/mol. The molecular formula is C23H25N3. The van der Waals surface area contributed by atoms with E-state index in [1.165, 1.54) is 65.8 Å². The van der Waals surface area contributed by atoms with Crippen LogP contribution in [0.3, 0.4) is 0 Å². The van der Waals surface area contributed by atoms with E-state index in [-0.39, 0.29) is 5.41 Å². The summed E-state index contributed by atoms with van der Waals surface area (Å²) >= 11 is 0. The van der Waals surface area contributed by atoms with Gasteiger partial charge in [-0.2, -0.15) is 0 Å². The number of aromatic amines is 1. The third kappa shape index (κ3) is 2.72. The van der Waals surface area contributed by atoms with E-state index in [0.29, 0.717) is 6.54 Å². The number of benzene rings is 2. The summed E-state index contributed by atoms with van der Waals surface area (Å²) in [5.74, 6) is 1.20. The van der Waals surface area contributed by atoms with E-state index in [1.54, 1.807) is 0 Å². The van der Waals surface area contributed by atoms with Crippen LogP contribution in [0.5, 0.6) is 0 Å². The lowest BCUT2D eigenvalue weighted by Gasteiger charge is -2.42. The third-order valence-corrected chi connectivity index (χ3v) is 6.11. The van der Waals surface area contributed by atoms with Crippen LogP contribution in [0.25, 0.3) is 10.9 Å². The summed E-state index contributed by atoms with van der Waals surface area (Å²) in [5, 5.41) is 4.96. The smallest absolute Gasteiger partial charge is 0.108 e. The lowest BCUT2D eigenvalue weighted by molar-refractivity contribution is 0.278. The molecule has 1 aliphatic heterocycles. The van der Waals surface area contributed by atoms with Gasteiger partial charge in [-0.3, -0.25) is 4.99 Å². The van der Waals surface area contributed by atoms with Gasteiger partial charge in [0, 0.05) is 22.3 Å². The first kappa shape index (κ1) is 15.7. The van der Waals surface area contributed by atoms with Crippen molar-refractivity contribution in [3.8, 4) is 0 Å². The van der Waals surface area contributed by atoms with Crippen molar-refractivity contribution in [3.63, 3.8) is 0 Å². The Bertz CT molecular complexity index is 927. The van der Waals surface area contributed by atoms with Gasteiger partial charge in [-0.05, 0) is 48.4 Å². The topological polar surface area (TPSA) is 40.2 Å². The molecule has 2 aromatic carbocycles. The minimum Gasteiger partial charge on any atom is -0.357 e. The van der Waals surface area contributed by atoms with Crippen LogP contribution in [0.2, 0.25) is 0 Å². The molecule has 0 atom stereocenters. The Hall–Kier alpha value is -2.55. The lowest BCUT2D eigenvalue weighted by Crippen LogP contribution is -2.43. The number of hydrogen-bond donors (Lipinski definition) is 2. The van der Waals surface area contributed by atoms with Crippen molar-refractivity contribution in [1.29, 1.82) is 0 Å². The standard InChI is InChI=1S/C23H25N3/c1-6-12-23(13-7-1)15-18-9-3-5-11-21(18)26-22(23)24-16-19-14-17-8-2-4-10-20(17)25-19/h2-5,8-11,14,25H,1,6-7,12-13,15-16H2,(H,24,26). The van der Waals surface area contributed by atoms with Gasteiger partial charge in [0.1, 0.15) is 5.84 Å². The molecule has 0 radical (unpaired) electrons. The van der Waals surface area contributed by atoms with Crippen LogP contribution in [0, 0.1) is 5.41 Å². The van der Waals surface area contributed by atoms with E-state index in [2.05, 4.69) is 64.9 Å².